The van der Waals surface area contributed by atoms with Gasteiger partial charge in [0.2, 0.25) is 0 Å². The van der Waals surface area contributed by atoms with Gasteiger partial charge >= 0.3 is 6.18 Å². The molecular formula is C27H24ClF5N6. The third-order valence-electron chi connectivity index (χ3n) is 9.87. The van der Waals surface area contributed by atoms with E-state index in [-0.39, 0.29) is 36.4 Å². The molecule has 4 saturated carbocycles. The van der Waals surface area contributed by atoms with Crippen molar-refractivity contribution in [2.75, 3.05) is 18.0 Å². The van der Waals surface area contributed by atoms with Gasteiger partial charge in [-0.2, -0.15) is 13.2 Å². The summed E-state index contributed by atoms with van der Waals surface area (Å²) in [5.74, 6) is 0.539. The lowest BCUT2D eigenvalue weighted by Gasteiger charge is -2.73. The topological polar surface area (TPSA) is 50.1 Å². The summed E-state index contributed by atoms with van der Waals surface area (Å²) < 4.78 is 70.2. The number of hydrogen-bond donors (Lipinski definition) is 0. The zero-order valence-corrected chi connectivity index (χ0v) is 21.5. The second-order valence-electron chi connectivity index (χ2n) is 12.4. The predicted molar refractivity (Wildman–Crippen MR) is 131 cm³/mol. The third kappa shape index (κ3) is 3.26. The minimum atomic E-state index is -4.16. The number of halogens is 6. The van der Waals surface area contributed by atoms with Gasteiger partial charge in [0.05, 0.1) is 23.8 Å². The molecule has 0 radical (unpaired) electrons. The quantitative estimate of drug-likeness (QED) is 0.379. The minimum Gasteiger partial charge on any atom is -0.353 e. The van der Waals surface area contributed by atoms with Crippen LogP contribution in [0.25, 0.3) is 5.69 Å². The molecular weight excluding hydrogens is 539 g/mol. The van der Waals surface area contributed by atoms with Crippen molar-refractivity contribution in [1.29, 1.82) is 0 Å². The lowest BCUT2D eigenvalue weighted by Crippen LogP contribution is -2.78. The average molecular weight is 563 g/mol. The van der Waals surface area contributed by atoms with Crippen LogP contribution in [0.1, 0.15) is 55.2 Å². The average Bonchev–Trinajstić information content (AvgIpc) is 3.06. The Morgan fingerprint density at radius 3 is 2.41 bits per heavy atom. The molecule has 12 heteroatoms. The molecule has 4 aliphatic carbocycles. The number of hydrogen-bond acceptors (Lipinski definition) is 5. The van der Waals surface area contributed by atoms with E-state index in [4.69, 9.17) is 11.6 Å². The first-order chi connectivity index (χ1) is 18.5. The lowest BCUT2D eigenvalue weighted by atomic mass is 9.38. The number of rotatable bonds is 3. The molecule has 0 unspecified atom stereocenters. The van der Waals surface area contributed by atoms with Crippen molar-refractivity contribution in [3.63, 3.8) is 0 Å². The highest BCUT2D eigenvalue weighted by molar-refractivity contribution is 6.30. The molecule has 204 valence electrons. The fraction of sp³-hybridized carbons (Fsp3) is 0.519. The number of fused-ring (bicyclic) bond motifs is 3. The van der Waals surface area contributed by atoms with Crippen LogP contribution in [0.5, 0.6) is 0 Å². The molecule has 4 heterocycles. The van der Waals surface area contributed by atoms with Crippen molar-refractivity contribution in [1.82, 2.24) is 24.6 Å². The molecule has 0 N–H and O–H groups in total. The molecule has 2 aromatic heterocycles. The molecule has 0 amide bonds. The highest BCUT2D eigenvalue weighted by atomic mass is 35.5. The Morgan fingerprint density at radius 2 is 1.72 bits per heavy atom. The van der Waals surface area contributed by atoms with Gasteiger partial charge < -0.3 is 4.90 Å². The van der Waals surface area contributed by atoms with Gasteiger partial charge in [-0.1, -0.05) is 11.6 Å². The summed E-state index contributed by atoms with van der Waals surface area (Å²) in [5.41, 5.74) is -0.0941. The van der Waals surface area contributed by atoms with E-state index in [0.717, 1.165) is 48.0 Å². The van der Waals surface area contributed by atoms with E-state index in [1.807, 2.05) is 23.1 Å². The smallest absolute Gasteiger partial charge is 0.353 e. The van der Waals surface area contributed by atoms with Crippen molar-refractivity contribution < 1.29 is 22.0 Å². The second kappa shape index (κ2) is 7.48. The first kappa shape index (κ1) is 24.0. The summed E-state index contributed by atoms with van der Waals surface area (Å²) in [4.78, 5) is 7.90. The molecule has 1 spiro atoms. The first-order valence-electron chi connectivity index (χ1n) is 13.1. The summed E-state index contributed by atoms with van der Waals surface area (Å²) in [6, 6.07) is 6.51. The van der Waals surface area contributed by atoms with Crippen molar-refractivity contribution >= 4 is 17.4 Å². The summed E-state index contributed by atoms with van der Waals surface area (Å²) in [6.45, 7) is 2.22. The summed E-state index contributed by atoms with van der Waals surface area (Å²) in [7, 11) is 0. The zero-order chi connectivity index (χ0) is 26.9. The van der Waals surface area contributed by atoms with E-state index in [9.17, 15) is 22.0 Å². The standard InChI is InChI=1S/C27H24ClF5N6/c28-17-1-2-20-15(3-17)8-38(26-10-25(11-26,12-26)27(31,32)33)9-21-35-36-22(39(20)21)16-5-24(6-16)13-37(14-24)23-19(30)4-18(29)7-34-23/h1-4,7,16H,5-6,8-14H2. The Balaban J connectivity index is 1.04. The zero-order valence-electron chi connectivity index (χ0n) is 20.8. The molecule has 39 heavy (non-hydrogen) atoms. The molecule has 9 rings (SSSR count). The van der Waals surface area contributed by atoms with E-state index in [2.05, 4.69) is 24.6 Å². The lowest BCUT2D eigenvalue weighted by molar-refractivity contribution is -0.364. The SMILES string of the molecule is Fc1cnc(N2CC3(CC(c4nnc5n4-c4ccc(Cl)cc4CN(C46CC(C(F)(F)F)(C4)C6)C5)C3)C2)c(F)c1. The van der Waals surface area contributed by atoms with Crippen molar-refractivity contribution in [2.24, 2.45) is 10.8 Å². The van der Waals surface area contributed by atoms with Crippen LogP contribution in [0.4, 0.5) is 27.8 Å². The molecule has 1 aromatic carbocycles. The molecule has 6 aliphatic rings. The van der Waals surface area contributed by atoms with Crippen LogP contribution in [-0.4, -0.2) is 49.5 Å². The van der Waals surface area contributed by atoms with E-state index in [1.54, 1.807) is 0 Å². The van der Waals surface area contributed by atoms with Crippen LogP contribution < -0.4 is 4.90 Å². The Morgan fingerprint density at radius 1 is 0.974 bits per heavy atom. The number of anilines is 1. The summed E-state index contributed by atoms with van der Waals surface area (Å²) in [6.07, 6.45) is -1.03. The Bertz CT molecular complexity index is 1500. The van der Waals surface area contributed by atoms with Crippen LogP contribution in [0.3, 0.4) is 0 Å². The van der Waals surface area contributed by atoms with Crippen LogP contribution in [0.15, 0.2) is 30.5 Å². The third-order valence-corrected chi connectivity index (χ3v) is 10.1. The monoisotopic (exact) mass is 562 g/mol. The van der Waals surface area contributed by atoms with Crippen LogP contribution >= 0.6 is 11.6 Å². The van der Waals surface area contributed by atoms with E-state index >= 15 is 0 Å². The Hall–Kier alpha value is -2.79. The fourth-order valence-corrected chi connectivity index (χ4v) is 8.17. The maximum absolute atomic E-state index is 14.2. The number of nitrogens with zero attached hydrogens (tertiary/aromatic N) is 6. The highest BCUT2D eigenvalue weighted by Crippen LogP contribution is 2.75. The molecule has 2 bridgehead atoms. The second-order valence-corrected chi connectivity index (χ2v) is 12.8. The van der Waals surface area contributed by atoms with Gasteiger partial charge in [-0.3, -0.25) is 9.47 Å². The van der Waals surface area contributed by atoms with Gasteiger partial charge in [0.1, 0.15) is 11.6 Å². The fourth-order valence-electron chi connectivity index (χ4n) is 7.98. The maximum Gasteiger partial charge on any atom is 0.394 e. The van der Waals surface area contributed by atoms with Crippen LogP contribution in [-0.2, 0) is 13.1 Å². The largest absolute Gasteiger partial charge is 0.394 e. The molecule has 3 aromatic rings. The van der Waals surface area contributed by atoms with Crippen molar-refractivity contribution in [3.05, 3.63) is 64.3 Å². The summed E-state index contributed by atoms with van der Waals surface area (Å²) >= 11 is 6.36. The maximum atomic E-state index is 14.2. The van der Waals surface area contributed by atoms with Gasteiger partial charge in [-0.15, -0.1) is 10.2 Å². The van der Waals surface area contributed by atoms with Gasteiger partial charge in [0.15, 0.2) is 17.5 Å². The van der Waals surface area contributed by atoms with Crippen molar-refractivity contribution in [3.8, 4) is 5.69 Å². The van der Waals surface area contributed by atoms with Gasteiger partial charge in [-0.05, 0) is 55.9 Å². The van der Waals surface area contributed by atoms with Gasteiger partial charge in [0.25, 0.3) is 0 Å². The van der Waals surface area contributed by atoms with E-state index in [1.165, 1.54) is 0 Å². The highest BCUT2D eigenvalue weighted by Gasteiger charge is 2.80. The van der Waals surface area contributed by atoms with E-state index < -0.39 is 28.8 Å². The Kier molecular flexibility index (Phi) is 4.61. The molecule has 0 atom stereocenters. The van der Waals surface area contributed by atoms with Gasteiger partial charge in [-0.25, -0.2) is 13.8 Å². The number of alkyl halides is 3. The van der Waals surface area contributed by atoms with Crippen LogP contribution in [0.2, 0.25) is 5.02 Å². The molecule has 2 aliphatic heterocycles. The first-order valence-corrected chi connectivity index (χ1v) is 13.5. The predicted octanol–water partition coefficient (Wildman–Crippen LogP) is 5.78. The molecule has 1 saturated heterocycles. The van der Waals surface area contributed by atoms with Crippen molar-refractivity contribution in [2.45, 2.75) is 62.8 Å². The number of benzene rings is 1. The normalized spacial score (nSPS) is 29.0. The molecule has 6 nitrogen and oxygen atoms in total. The van der Waals surface area contributed by atoms with Gasteiger partial charge in [0, 0.05) is 47.6 Å². The van der Waals surface area contributed by atoms with E-state index in [0.29, 0.717) is 31.2 Å². The van der Waals surface area contributed by atoms with Crippen LogP contribution in [0, 0.1) is 22.5 Å². The minimum absolute atomic E-state index is 0.0247. The summed E-state index contributed by atoms with van der Waals surface area (Å²) in [5, 5.41) is 9.69. The Labute approximate surface area is 225 Å². The molecule has 5 fully saturated rings. The number of pyridine rings is 1. The number of aromatic nitrogens is 4.